The van der Waals surface area contributed by atoms with Gasteiger partial charge in [0.1, 0.15) is 5.75 Å². The van der Waals surface area contributed by atoms with E-state index in [2.05, 4.69) is 0 Å². The van der Waals surface area contributed by atoms with Gasteiger partial charge in [0.25, 0.3) is 10.0 Å². The lowest BCUT2D eigenvalue weighted by molar-refractivity contribution is 0.413. The Morgan fingerprint density at radius 3 is 2.59 bits per heavy atom. The van der Waals surface area contributed by atoms with Crippen LogP contribution in [0.15, 0.2) is 77.8 Å². The van der Waals surface area contributed by atoms with Crippen molar-refractivity contribution in [3.8, 4) is 5.75 Å². The molecule has 3 aromatic carbocycles. The second-order valence-corrected chi connectivity index (χ2v) is 9.18. The smallest absolute Gasteiger partial charge is 0.268 e. The van der Waals surface area contributed by atoms with Gasteiger partial charge in [-0.15, -0.1) is 0 Å². The van der Waals surface area contributed by atoms with Crippen molar-refractivity contribution in [2.45, 2.75) is 18.2 Å². The molecular weight excluding hydrogens is 406 g/mol. The van der Waals surface area contributed by atoms with E-state index < -0.39 is 10.0 Å². The van der Waals surface area contributed by atoms with Crippen molar-refractivity contribution in [3.63, 3.8) is 0 Å². The highest BCUT2D eigenvalue weighted by atomic mass is 35.5. The third kappa shape index (κ3) is 3.76. The van der Waals surface area contributed by atoms with E-state index in [0.29, 0.717) is 22.7 Å². The maximum atomic E-state index is 13.2. The quantitative estimate of drug-likeness (QED) is 0.427. The van der Waals surface area contributed by atoms with E-state index in [0.717, 1.165) is 22.1 Å². The van der Waals surface area contributed by atoms with E-state index in [1.807, 2.05) is 43.3 Å². The first kappa shape index (κ1) is 19.6. The standard InChI is InChI=1S/C23H20ClNO3S/c1-16-6-8-19(22(24)12-16)13-17-7-9-18-10-11-25(23(18)14-17)29(26,27)21-5-3-4-20(15-21)28-2/h3-12,14-15H,13H2,1-2H3. The molecular formula is C23H20ClNO3S. The molecule has 0 bridgehead atoms. The largest absolute Gasteiger partial charge is 0.497 e. The fraction of sp³-hybridized carbons (Fsp3) is 0.130. The van der Waals surface area contributed by atoms with Gasteiger partial charge in [-0.05, 0) is 60.4 Å². The van der Waals surface area contributed by atoms with Crippen LogP contribution in [-0.4, -0.2) is 19.5 Å². The molecule has 0 N–H and O–H groups in total. The summed E-state index contributed by atoms with van der Waals surface area (Å²) >= 11 is 6.38. The highest BCUT2D eigenvalue weighted by molar-refractivity contribution is 7.90. The van der Waals surface area contributed by atoms with Gasteiger partial charge >= 0.3 is 0 Å². The Balaban J connectivity index is 1.77. The molecule has 0 saturated heterocycles. The van der Waals surface area contributed by atoms with Crippen molar-refractivity contribution in [1.82, 2.24) is 3.97 Å². The van der Waals surface area contributed by atoms with Crippen molar-refractivity contribution in [2.24, 2.45) is 0 Å². The number of halogens is 1. The molecule has 29 heavy (non-hydrogen) atoms. The van der Waals surface area contributed by atoms with E-state index in [-0.39, 0.29) is 4.90 Å². The summed E-state index contributed by atoms with van der Waals surface area (Å²) in [4.78, 5) is 0.182. The zero-order chi connectivity index (χ0) is 20.6. The van der Waals surface area contributed by atoms with Crippen LogP contribution in [0.3, 0.4) is 0 Å². The molecule has 1 aromatic heterocycles. The first-order valence-electron chi connectivity index (χ1n) is 9.13. The molecule has 0 amide bonds. The van der Waals surface area contributed by atoms with Crippen molar-refractivity contribution in [3.05, 3.63) is 94.6 Å². The number of fused-ring (bicyclic) bond motifs is 1. The first-order chi connectivity index (χ1) is 13.9. The molecule has 6 heteroatoms. The number of aryl methyl sites for hydroxylation is 1. The summed E-state index contributed by atoms with van der Waals surface area (Å²) in [6.07, 6.45) is 2.21. The summed E-state index contributed by atoms with van der Waals surface area (Å²) in [6, 6.07) is 20.1. The summed E-state index contributed by atoms with van der Waals surface area (Å²) < 4.78 is 32.9. The molecule has 0 aliphatic rings. The second-order valence-electron chi connectivity index (χ2n) is 6.96. The molecule has 0 radical (unpaired) electrons. The van der Waals surface area contributed by atoms with Crippen molar-refractivity contribution in [2.75, 3.05) is 7.11 Å². The van der Waals surface area contributed by atoms with Crippen LogP contribution in [-0.2, 0) is 16.4 Å². The normalized spacial score (nSPS) is 11.7. The minimum atomic E-state index is -3.75. The van der Waals surface area contributed by atoms with Crippen molar-refractivity contribution in [1.29, 1.82) is 0 Å². The Hall–Kier alpha value is -2.76. The van der Waals surface area contributed by atoms with E-state index in [4.69, 9.17) is 16.3 Å². The molecule has 0 saturated carbocycles. The molecule has 0 atom stereocenters. The highest BCUT2D eigenvalue weighted by Gasteiger charge is 2.19. The number of hydrogen-bond donors (Lipinski definition) is 0. The average Bonchev–Trinajstić information content (AvgIpc) is 3.14. The molecule has 0 aliphatic heterocycles. The lowest BCUT2D eigenvalue weighted by Crippen LogP contribution is -2.12. The number of aromatic nitrogens is 1. The predicted octanol–water partition coefficient (Wildman–Crippen LogP) is 5.44. The zero-order valence-electron chi connectivity index (χ0n) is 16.1. The molecule has 4 nitrogen and oxygen atoms in total. The first-order valence-corrected chi connectivity index (χ1v) is 10.9. The Morgan fingerprint density at radius 1 is 1.00 bits per heavy atom. The Kier molecular flexibility index (Phi) is 5.11. The van der Waals surface area contributed by atoms with Crippen LogP contribution < -0.4 is 4.74 Å². The van der Waals surface area contributed by atoms with Gasteiger partial charge in [0.05, 0.1) is 17.5 Å². The van der Waals surface area contributed by atoms with Crippen molar-refractivity contribution >= 4 is 32.5 Å². The van der Waals surface area contributed by atoms with Gasteiger partial charge < -0.3 is 4.74 Å². The monoisotopic (exact) mass is 425 g/mol. The van der Waals surface area contributed by atoms with E-state index >= 15 is 0 Å². The Bertz CT molecular complexity index is 1310. The van der Waals surface area contributed by atoms with E-state index in [1.165, 1.54) is 17.1 Å². The minimum absolute atomic E-state index is 0.182. The number of rotatable bonds is 5. The van der Waals surface area contributed by atoms with Crippen LogP contribution in [0.2, 0.25) is 5.02 Å². The fourth-order valence-electron chi connectivity index (χ4n) is 3.36. The molecule has 4 rings (SSSR count). The Morgan fingerprint density at radius 2 is 1.83 bits per heavy atom. The number of benzene rings is 3. The topological polar surface area (TPSA) is 48.3 Å². The molecule has 4 aromatic rings. The lowest BCUT2D eigenvalue weighted by Gasteiger charge is -2.10. The van der Waals surface area contributed by atoms with Crippen LogP contribution in [0.1, 0.15) is 16.7 Å². The van der Waals surface area contributed by atoms with Gasteiger partial charge in [-0.3, -0.25) is 0 Å². The molecule has 0 aliphatic carbocycles. The van der Waals surface area contributed by atoms with Crippen LogP contribution >= 0.6 is 11.6 Å². The maximum absolute atomic E-state index is 13.2. The van der Waals surface area contributed by atoms with Crippen LogP contribution in [0, 0.1) is 6.92 Å². The number of hydrogen-bond acceptors (Lipinski definition) is 3. The van der Waals surface area contributed by atoms with Crippen molar-refractivity contribution < 1.29 is 13.2 Å². The van der Waals surface area contributed by atoms with Crippen LogP contribution in [0.5, 0.6) is 5.75 Å². The molecule has 0 fully saturated rings. The molecule has 1 heterocycles. The summed E-state index contributed by atoms with van der Waals surface area (Å²) in [7, 11) is -2.23. The zero-order valence-corrected chi connectivity index (χ0v) is 17.7. The summed E-state index contributed by atoms with van der Waals surface area (Å²) in [5.74, 6) is 0.497. The fourth-order valence-corrected chi connectivity index (χ4v) is 5.04. The highest BCUT2D eigenvalue weighted by Crippen LogP contribution is 2.27. The SMILES string of the molecule is COc1cccc(S(=O)(=O)n2ccc3ccc(Cc4ccc(C)cc4Cl)cc32)c1. The summed E-state index contributed by atoms with van der Waals surface area (Å²) in [5.41, 5.74) is 3.73. The van der Waals surface area contributed by atoms with Crippen LogP contribution in [0.4, 0.5) is 0 Å². The van der Waals surface area contributed by atoms with E-state index in [9.17, 15) is 8.42 Å². The predicted molar refractivity (Wildman–Crippen MR) is 117 cm³/mol. The minimum Gasteiger partial charge on any atom is -0.497 e. The van der Waals surface area contributed by atoms with Gasteiger partial charge in [0.2, 0.25) is 0 Å². The Labute approximate surface area is 175 Å². The van der Waals surface area contributed by atoms with Crippen LogP contribution in [0.25, 0.3) is 10.9 Å². The van der Waals surface area contributed by atoms with Gasteiger partial charge in [-0.1, -0.05) is 41.9 Å². The number of nitrogens with zero attached hydrogens (tertiary/aromatic N) is 1. The summed E-state index contributed by atoms with van der Waals surface area (Å²) in [5, 5.41) is 1.57. The van der Waals surface area contributed by atoms with Gasteiger partial charge in [0.15, 0.2) is 0 Å². The molecule has 0 spiro atoms. The summed E-state index contributed by atoms with van der Waals surface area (Å²) in [6.45, 7) is 2.00. The lowest BCUT2D eigenvalue weighted by atomic mass is 10.0. The third-order valence-corrected chi connectivity index (χ3v) is 6.96. The average molecular weight is 426 g/mol. The second kappa shape index (κ2) is 7.58. The maximum Gasteiger partial charge on any atom is 0.268 e. The number of ether oxygens (including phenoxy) is 1. The van der Waals surface area contributed by atoms with Gasteiger partial charge in [-0.25, -0.2) is 12.4 Å². The molecule has 148 valence electrons. The third-order valence-electron chi connectivity index (χ3n) is 4.92. The van der Waals surface area contributed by atoms with Gasteiger partial charge in [-0.2, -0.15) is 0 Å². The van der Waals surface area contributed by atoms with Gasteiger partial charge in [0, 0.05) is 22.7 Å². The van der Waals surface area contributed by atoms with E-state index in [1.54, 1.807) is 30.5 Å². The molecule has 0 unspecified atom stereocenters. The number of methoxy groups -OCH3 is 1.